The molecule has 3 atom stereocenters. The van der Waals surface area contributed by atoms with Crippen LogP contribution in [0.5, 0.6) is 0 Å². The Morgan fingerprint density at radius 2 is 2.38 bits per heavy atom. The zero-order valence-corrected chi connectivity index (χ0v) is 8.37. The monoisotopic (exact) mass is 184 g/mol. The third-order valence-corrected chi connectivity index (χ3v) is 3.20. The van der Waals surface area contributed by atoms with Gasteiger partial charge in [0.1, 0.15) is 0 Å². The number of nitrogens with zero attached hydrogens (tertiary/aromatic N) is 1. The lowest BCUT2D eigenvalue weighted by molar-refractivity contribution is 0.138. The largest absolute Gasteiger partial charge is 0.392 e. The number of likely N-dealkylation sites (tertiary alicyclic amines) is 1. The van der Waals surface area contributed by atoms with Crippen LogP contribution in [0.3, 0.4) is 0 Å². The molecule has 0 spiro atoms. The highest BCUT2D eigenvalue weighted by atomic mass is 16.3. The summed E-state index contributed by atoms with van der Waals surface area (Å²) in [5.74, 6) is 0.840. The molecule has 0 aromatic carbocycles. The molecule has 0 amide bonds. The second kappa shape index (κ2) is 3.95. The summed E-state index contributed by atoms with van der Waals surface area (Å²) >= 11 is 0. The van der Waals surface area contributed by atoms with Gasteiger partial charge in [0.15, 0.2) is 0 Å². The molecule has 2 aliphatic heterocycles. The molecule has 76 valence electrons. The third kappa shape index (κ3) is 2.22. The van der Waals surface area contributed by atoms with Crippen LogP contribution in [0.15, 0.2) is 0 Å². The summed E-state index contributed by atoms with van der Waals surface area (Å²) in [7, 11) is 0. The number of nitrogens with one attached hydrogen (secondary N) is 1. The van der Waals surface area contributed by atoms with E-state index in [2.05, 4.69) is 10.2 Å². The molecule has 0 aromatic heterocycles. The number of rotatable bonds is 2. The number of aliphatic hydroxyl groups excluding tert-OH is 1. The second-order valence-corrected chi connectivity index (χ2v) is 4.53. The fourth-order valence-electron chi connectivity index (χ4n) is 2.66. The molecule has 0 radical (unpaired) electrons. The highest BCUT2D eigenvalue weighted by molar-refractivity contribution is 4.91. The fourth-order valence-corrected chi connectivity index (χ4v) is 2.66. The maximum absolute atomic E-state index is 9.28. The molecule has 3 heteroatoms. The molecule has 3 nitrogen and oxygen atoms in total. The van der Waals surface area contributed by atoms with E-state index < -0.39 is 0 Å². The summed E-state index contributed by atoms with van der Waals surface area (Å²) in [4.78, 5) is 2.39. The lowest BCUT2D eigenvalue weighted by atomic mass is 9.94. The molecule has 2 N–H and O–H groups in total. The molecule has 0 saturated carbocycles. The van der Waals surface area contributed by atoms with Crippen molar-refractivity contribution in [1.29, 1.82) is 0 Å². The van der Waals surface area contributed by atoms with Gasteiger partial charge in [-0.25, -0.2) is 0 Å². The predicted octanol–water partition coefficient (Wildman–Crippen LogP) is 0.0510. The molecule has 2 aliphatic rings. The second-order valence-electron chi connectivity index (χ2n) is 4.53. The van der Waals surface area contributed by atoms with E-state index >= 15 is 0 Å². The van der Waals surface area contributed by atoms with Crippen molar-refractivity contribution in [1.82, 2.24) is 10.2 Å². The first-order valence-corrected chi connectivity index (χ1v) is 5.39. The molecule has 2 fully saturated rings. The minimum Gasteiger partial charge on any atom is -0.392 e. The summed E-state index contributed by atoms with van der Waals surface area (Å²) in [6.07, 6.45) is 2.51. The van der Waals surface area contributed by atoms with E-state index in [4.69, 9.17) is 0 Å². The number of fused-ring (bicyclic) bond motifs is 1. The van der Waals surface area contributed by atoms with Gasteiger partial charge in [-0.15, -0.1) is 0 Å². The molecular weight excluding hydrogens is 164 g/mol. The standard InChI is InChI=1S/C10H20N2O/c1-8(13)5-12-6-9-3-2-4-11-10(9)7-12/h8-11,13H,2-7H2,1H3. The molecule has 2 rings (SSSR count). The van der Waals surface area contributed by atoms with Gasteiger partial charge in [-0.3, -0.25) is 4.90 Å². The van der Waals surface area contributed by atoms with Gasteiger partial charge in [0.25, 0.3) is 0 Å². The first-order valence-electron chi connectivity index (χ1n) is 5.39. The van der Waals surface area contributed by atoms with Crippen LogP contribution in [0.2, 0.25) is 0 Å². The summed E-state index contributed by atoms with van der Waals surface area (Å²) in [6.45, 7) is 6.21. The Bertz CT molecular complexity index is 158. The van der Waals surface area contributed by atoms with Gasteiger partial charge in [0.2, 0.25) is 0 Å². The summed E-state index contributed by atoms with van der Waals surface area (Å²) < 4.78 is 0. The summed E-state index contributed by atoms with van der Waals surface area (Å²) in [5, 5.41) is 12.8. The van der Waals surface area contributed by atoms with Crippen molar-refractivity contribution < 1.29 is 5.11 Å². The van der Waals surface area contributed by atoms with Crippen LogP contribution >= 0.6 is 0 Å². The van der Waals surface area contributed by atoms with Crippen LogP contribution in [0.1, 0.15) is 19.8 Å². The van der Waals surface area contributed by atoms with Crippen LogP contribution in [-0.2, 0) is 0 Å². The average molecular weight is 184 g/mol. The molecule has 0 bridgehead atoms. The number of piperidine rings is 1. The minimum absolute atomic E-state index is 0.180. The van der Waals surface area contributed by atoms with E-state index in [9.17, 15) is 5.11 Å². The van der Waals surface area contributed by atoms with Gasteiger partial charge < -0.3 is 10.4 Å². The molecular formula is C10H20N2O. The fraction of sp³-hybridized carbons (Fsp3) is 1.00. The van der Waals surface area contributed by atoms with Crippen LogP contribution in [-0.4, -0.2) is 48.3 Å². The molecule has 0 aromatic rings. The smallest absolute Gasteiger partial charge is 0.0639 e. The van der Waals surface area contributed by atoms with Crippen LogP contribution in [0.25, 0.3) is 0 Å². The van der Waals surface area contributed by atoms with E-state index in [1.54, 1.807) is 0 Å². The van der Waals surface area contributed by atoms with Crippen LogP contribution < -0.4 is 5.32 Å². The Morgan fingerprint density at radius 3 is 3.08 bits per heavy atom. The van der Waals surface area contributed by atoms with Crippen molar-refractivity contribution in [3.63, 3.8) is 0 Å². The Morgan fingerprint density at radius 1 is 1.54 bits per heavy atom. The van der Waals surface area contributed by atoms with Gasteiger partial charge in [0.05, 0.1) is 6.10 Å². The van der Waals surface area contributed by atoms with Crippen molar-refractivity contribution in [2.45, 2.75) is 31.9 Å². The lowest BCUT2D eigenvalue weighted by Crippen LogP contribution is -2.41. The minimum atomic E-state index is -0.180. The van der Waals surface area contributed by atoms with E-state index in [-0.39, 0.29) is 6.10 Å². The maximum atomic E-state index is 9.28. The average Bonchev–Trinajstić information content (AvgIpc) is 2.44. The van der Waals surface area contributed by atoms with Crippen molar-refractivity contribution in [2.24, 2.45) is 5.92 Å². The van der Waals surface area contributed by atoms with Crippen molar-refractivity contribution in [3.8, 4) is 0 Å². The number of β-amino-alcohol motifs (C(OH)–C–C–N with tert-alkyl or cyclic N) is 1. The predicted molar refractivity (Wildman–Crippen MR) is 52.6 cm³/mol. The molecule has 13 heavy (non-hydrogen) atoms. The van der Waals surface area contributed by atoms with Gasteiger partial charge in [0, 0.05) is 25.7 Å². The molecule has 3 unspecified atom stereocenters. The van der Waals surface area contributed by atoms with E-state index in [1.165, 1.54) is 25.9 Å². The zero-order valence-electron chi connectivity index (χ0n) is 8.37. The molecule has 0 aliphatic carbocycles. The van der Waals surface area contributed by atoms with Crippen LogP contribution in [0.4, 0.5) is 0 Å². The van der Waals surface area contributed by atoms with E-state index in [0.717, 1.165) is 19.0 Å². The SMILES string of the molecule is CC(O)CN1CC2CCCNC2C1. The highest BCUT2D eigenvalue weighted by Gasteiger charge is 2.34. The van der Waals surface area contributed by atoms with E-state index in [1.807, 2.05) is 6.92 Å². The Hall–Kier alpha value is -0.120. The first-order chi connectivity index (χ1) is 6.25. The van der Waals surface area contributed by atoms with Crippen molar-refractivity contribution >= 4 is 0 Å². The normalized spacial score (nSPS) is 37.4. The Labute approximate surface area is 80.1 Å². The highest BCUT2D eigenvalue weighted by Crippen LogP contribution is 2.24. The number of hydrogen-bond donors (Lipinski definition) is 2. The van der Waals surface area contributed by atoms with Gasteiger partial charge in [-0.05, 0) is 32.2 Å². The number of hydrogen-bond acceptors (Lipinski definition) is 3. The summed E-state index contributed by atoms with van der Waals surface area (Å²) in [6, 6.07) is 0.701. The van der Waals surface area contributed by atoms with Gasteiger partial charge >= 0.3 is 0 Å². The molecule has 2 saturated heterocycles. The van der Waals surface area contributed by atoms with Crippen LogP contribution in [0, 0.1) is 5.92 Å². The summed E-state index contributed by atoms with van der Waals surface area (Å²) in [5.41, 5.74) is 0. The first kappa shape index (κ1) is 9.44. The van der Waals surface area contributed by atoms with Crippen molar-refractivity contribution in [2.75, 3.05) is 26.2 Å². The number of aliphatic hydroxyl groups is 1. The van der Waals surface area contributed by atoms with Gasteiger partial charge in [-0.1, -0.05) is 0 Å². The third-order valence-electron chi connectivity index (χ3n) is 3.20. The topological polar surface area (TPSA) is 35.5 Å². The van der Waals surface area contributed by atoms with E-state index in [0.29, 0.717) is 6.04 Å². The zero-order chi connectivity index (χ0) is 9.26. The lowest BCUT2D eigenvalue weighted by Gasteiger charge is -2.24. The Kier molecular flexibility index (Phi) is 2.86. The quantitative estimate of drug-likeness (QED) is 0.636. The van der Waals surface area contributed by atoms with Crippen molar-refractivity contribution in [3.05, 3.63) is 0 Å². The molecule has 2 heterocycles. The maximum Gasteiger partial charge on any atom is 0.0639 e. The van der Waals surface area contributed by atoms with Gasteiger partial charge in [-0.2, -0.15) is 0 Å². The Balaban J connectivity index is 1.84.